The minimum Gasteiger partial charge on any atom is -0.480 e. The summed E-state index contributed by atoms with van der Waals surface area (Å²) in [4.78, 5) is 10.9. The largest absolute Gasteiger partial charge is 0.480 e. The van der Waals surface area contributed by atoms with Crippen molar-refractivity contribution in [1.82, 2.24) is 0 Å². The van der Waals surface area contributed by atoms with Crippen LogP contribution < -0.4 is 5.73 Å². The molecule has 0 radical (unpaired) electrons. The zero-order valence-corrected chi connectivity index (χ0v) is 11.3. The molecule has 0 saturated carbocycles. The molecule has 1 aliphatic carbocycles. The molecule has 0 aromatic heterocycles. The zero-order chi connectivity index (χ0) is 13.2. The van der Waals surface area contributed by atoms with Gasteiger partial charge in [0.2, 0.25) is 0 Å². The van der Waals surface area contributed by atoms with Crippen LogP contribution in [0.5, 0.6) is 0 Å². The van der Waals surface area contributed by atoms with Gasteiger partial charge in [0.25, 0.3) is 0 Å². The molecule has 0 fully saturated rings. The lowest BCUT2D eigenvalue weighted by Gasteiger charge is -2.29. The van der Waals surface area contributed by atoms with Gasteiger partial charge in [0.15, 0.2) is 0 Å². The lowest BCUT2D eigenvalue weighted by molar-refractivity contribution is -0.138. The van der Waals surface area contributed by atoms with Crippen molar-refractivity contribution in [2.75, 3.05) is 0 Å². The first-order valence-electron chi connectivity index (χ1n) is 5.65. The molecule has 3 N–H and O–H groups in total. The van der Waals surface area contributed by atoms with E-state index in [-0.39, 0.29) is 0 Å². The molecular weight excluding hydrogens is 294 g/mol. The van der Waals surface area contributed by atoms with E-state index in [9.17, 15) is 4.79 Å². The number of halogens is 1. The Morgan fingerprint density at radius 1 is 1.39 bits per heavy atom. The Bertz CT molecular complexity index is 510. The fourth-order valence-corrected chi connectivity index (χ4v) is 2.40. The molecule has 94 valence electrons. The van der Waals surface area contributed by atoms with Gasteiger partial charge in [0.1, 0.15) is 6.04 Å². The monoisotopic (exact) mass is 307 g/mol. The summed E-state index contributed by atoms with van der Waals surface area (Å²) < 4.78 is -0.697. The summed E-state index contributed by atoms with van der Waals surface area (Å²) in [6.07, 6.45) is 6.30. The molecule has 4 heteroatoms. The highest BCUT2D eigenvalue weighted by molar-refractivity contribution is 9.10. The Labute approximate surface area is 114 Å². The van der Waals surface area contributed by atoms with Gasteiger partial charge in [-0.05, 0) is 17.6 Å². The normalized spacial score (nSPS) is 24.4. The summed E-state index contributed by atoms with van der Waals surface area (Å²) >= 11 is 3.42. The number of hydrogen-bond donors (Lipinski definition) is 2. The Balaban J connectivity index is 2.19. The second kappa shape index (κ2) is 5.08. The Morgan fingerprint density at radius 3 is 2.56 bits per heavy atom. The third-order valence-corrected chi connectivity index (χ3v) is 4.15. The predicted molar refractivity (Wildman–Crippen MR) is 75.4 cm³/mol. The van der Waals surface area contributed by atoms with E-state index >= 15 is 0 Å². The van der Waals surface area contributed by atoms with Gasteiger partial charge in [0, 0.05) is 0 Å². The first-order valence-corrected chi connectivity index (χ1v) is 6.44. The first-order chi connectivity index (χ1) is 8.53. The number of benzene rings is 1. The van der Waals surface area contributed by atoms with E-state index < -0.39 is 16.3 Å². The van der Waals surface area contributed by atoms with Crippen LogP contribution in [0.1, 0.15) is 12.0 Å². The van der Waals surface area contributed by atoms with Crippen molar-refractivity contribution in [2.45, 2.75) is 16.8 Å². The van der Waals surface area contributed by atoms with Crippen molar-refractivity contribution in [3.63, 3.8) is 0 Å². The van der Waals surface area contributed by atoms with Crippen molar-refractivity contribution in [3.8, 4) is 0 Å². The topological polar surface area (TPSA) is 63.3 Å². The predicted octanol–water partition coefficient (Wildman–Crippen LogP) is 2.58. The average Bonchev–Trinajstić information content (AvgIpc) is 2.39. The zero-order valence-electron chi connectivity index (χ0n) is 9.71. The maximum Gasteiger partial charge on any atom is 0.322 e. The third kappa shape index (κ3) is 2.54. The van der Waals surface area contributed by atoms with Gasteiger partial charge in [0.05, 0.1) is 4.32 Å². The number of allylic oxidation sites excluding steroid dienone is 3. The van der Waals surface area contributed by atoms with Crippen LogP contribution in [-0.4, -0.2) is 21.4 Å². The SMILES string of the molecule is NC(C(=O)O)C1(Br)C=CC(c2ccccc2)=CC1. The van der Waals surface area contributed by atoms with Crippen LogP contribution in [0, 0.1) is 0 Å². The van der Waals surface area contributed by atoms with Gasteiger partial charge in [-0.2, -0.15) is 0 Å². The van der Waals surface area contributed by atoms with Crippen LogP contribution in [0.2, 0.25) is 0 Å². The highest BCUT2D eigenvalue weighted by Gasteiger charge is 2.36. The van der Waals surface area contributed by atoms with Gasteiger partial charge in [-0.1, -0.05) is 64.5 Å². The van der Waals surface area contributed by atoms with Crippen LogP contribution in [-0.2, 0) is 4.79 Å². The summed E-state index contributed by atoms with van der Waals surface area (Å²) in [6, 6.07) is 9.00. The van der Waals surface area contributed by atoms with Crippen LogP contribution in [0.3, 0.4) is 0 Å². The second-order valence-electron chi connectivity index (χ2n) is 4.31. The molecule has 0 aliphatic heterocycles. The average molecular weight is 308 g/mol. The van der Waals surface area contributed by atoms with Crippen LogP contribution >= 0.6 is 15.9 Å². The molecule has 2 unspecified atom stereocenters. The number of alkyl halides is 1. The summed E-state index contributed by atoms with van der Waals surface area (Å²) in [5.74, 6) is -1.01. The molecule has 0 heterocycles. The minimum absolute atomic E-state index is 0.557. The maximum absolute atomic E-state index is 10.9. The number of nitrogens with two attached hydrogens (primary N) is 1. The molecule has 3 nitrogen and oxygen atoms in total. The molecule has 0 amide bonds. The van der Waals surface area contributed by atoms with E-state index in [4.69, 9.17) is 10.8 Å². The number of carboxylic acids is 1. The number of hydrogen-bond acceptors (Lipinski definition) is 2. The standard InChI is InChI=1S/C14H14BrNO2/c15-14(12(16)13(17)18)8-6-11(7-9-14)10-4-2-1-3-5-10/h1-8,12H,9,16H2,(H,17,18). The fourth-order valence-electron chi connectivity index (χ4n) is 1.91. The van der Waals surface area contributed by atoms with E-state index in [2.05, 4.69) is 15.9 Å². The minimum atomic E-state index is -1.01. The lowest BCUT2D eigenvalue weighted by Crippen LogP contribution is -2.47. The van der Waals surface area contributed by atoms with Gasteiger partial charge < -0.3 is 10.8 Å². The molecule has 2 rings (SSSR count). The maximum atomic E-state index is 10.9. The molecule has 0 spiro atoms. The van der Waals surface area contributed by atoms with E-state index in [0.29, 0.717) is 6.42 Å². The van der Waals surface area contributed by atoms with Crippen molar-refractivity contribution in [3.05, 3.63) is 54.1 Å². The fraction of sp³-hybridized carbons (Fsp3) is 0.214. The first kappa shape index (κ1) is 13.1. The summed E-state index contributed by atoms with van der Waals surface area (Å²) in [7, 11) is 0. The van der Waals surface area contributed by atoms with Crippen molar-refractivity contribution in [1.29, 1.82) is 0 Å². The third-order valence-electron chi connectivity index (χ3n) is 3.06. The van der Waals surface area contributed by atoms with Crippen LogP contribution in [0.25, 0.3) is 5.57 Å². The van der Waals surface area contributed by atoms with Crippen LogP contribution in [0.15, 0.2) is 48.6 Å². The number of aliphatic carboxylic acids is 1. The molecule has 2 atom stereocenters. The van der Waals surface area contributed by atoms with E-state index in [1.807, 2.05) is 48.6 Å². The van der Waals surface area contributed by atoms with Gasteiger partial charge in [-0.15, -0.1) is 0 Å². The lowest BCUT2D eigenvalue weighted by atomic mass is 9.88. The highest BCUT2D eigenvalue weighted by atomic mass is 79.9. The summed E-state index contributed by atoms with van der Waals surface area (Å²) in [6.45, 7) is 0. The Hall–Kier alpha value is -1.39. The van der Waals surface area contributed by atoms with Crippen molar-refractivity contribution in [2.24, 2.45) is 5.73 Å². The van der Waals surface area contributed by atoms with Gasteiger partial charge in [-0.3, -0.25) is 4.79 Å². The molecule has 0 bridgehead atoms. The van der Waals surface area contributed by atoms with Crippen molar-refractivity contribution >= 4 is 27.5 Å². The van der Waals surface area contributed by atoms with E-state index in [0.717, 1.165) is 11.1 Å². The molecular formula is C14H14BrNO2. The summed E-state index contributed by atoms with van der Waals surface area (Å²) in [5, 5.41) is 8.97. The number of carboxylic acid groups (broad SMARTS) is 1. The Morgan fingerprint density at radius 2 is 2.06 bits per heavy atom. The highest BCUT2D eigenvalue weighted by Crippen LogP contribution is 2.35. The Kier molecular flexibility index (Phi) is 3.68. The van der Waals surface area contributed by atoms with Crippen molar-refractivity contribution < 1.29 is 9.90 Å². The number of rotatable bonds is 3. The summed E-state index contributed by atoms with van der Waals surface area (Å²) in [5.41, 5.74) is 7.89. The van der Waals surface area contributed by atoms with E-state index in [1.54, 1.807) is 0 Å². The molecule has 1 aliphatic rings. The van der Waals surface area contributed by atoms with E-state index in [1.165, 1.54) is 0 Å². The van der Waals surface area contributed by atoms with Gasteiger partial charge >= 0.3 is 5.97 Å². The number of carbonyl (C=O) groups is 1. The smallest absolute Gasteiger partial charge is 0.322 e. The second-order valence-corrected chi connectivity index (χ2v) is 5.78. The quantitative estimate of drug-likeness (QED) is 0.844. The van der Waals surface area contributed by atoms with Gasteiger partial charge in [-0.25, -0.2) is 0 Å². The molecule has 0 saturated heterocycles. The van der Waals surface area contributed by atoms with Crippen LogP contribution in [0.4, 0.5) is 0 Å². The molecule has 1 aromatic rings. The molecule has 1 aromatic carbocycles. The molecule has 18 heavy (non-hydrogen) atoms.